The fourth-order valence-electron chi connectivity index (χ4n) is 1.83. The van der Waals surface area contributed by atoms with Gasteiger partial charge in [0, 0.05) is 12.1 Å². The zero-order valence-electron chi connectivity index (χ0n) is 10.7. The number of hydrogen-bond acceptors (Lipinski definition) is 4. The molecule has 2 rings (SSSR count). The van der Waals surface area contributed by atoms with E-state index in [1.807, 2.05) is 31.2 Å². The number of aliphatic hydroxyl groups is 2. The minimum Gasteiger partial charge on any atom is -0.491 e. The van der Waals surface area contributed by atoms with Gasteiger partial charge in [0.1, 0.15) is 18.5 Å². The van der Waals surface area contributed by atoms with Crippen LogP contribution in [-0.2, 0) is 0 Å². The summed E-state index contributed by atoms with van der Waals surface area (Å²) in [6.07, 6.45) is 1.40. The second-order valence-electron chi connectivity index (χ2n) is 5.10. The SMILES string of the molecule is Cc1cccc(OCC(O)CNC2(CO)CC2)c1. The van der Waals surface area contributed by atoms with Crippen LogP contribution in [0.15, 0.2) is 24.3 Å². The second kappa shape index (κ2) is 5.69. The van der Waals surface area contributed by atoms with Crippen molar-refractivity contribution in [3.8, 4) is 5.75 Å². The third kappa shape index (κ3) is 3.70. The molecular weight excluding hydrogens is 230 g/mol. The number of β-amino-alcohol motifs (C(OH)–C–C–N with tert-alkyl or cyclic N) is 1. The smallest absolute Gasteiger partial charge is 0.119 e. The Morgan fingerprint density at radius 2 is 2.22 bits per heavy atom. The highest BCUT2D eigenvalue weighted by Gasteiger charge is 2.41. The summed E-state index contributed by atoms with van der Waals surface area (Å²) in [6.45, 7) is 2.85. The van der Waals surface area contributed by atoms with Gasteiger partial charge in [0.05, 0.1) is 6.61 Å². The first-order valence-electron chi connectivity index (χ1n) is 6.37. The van der Waals surface area contributed by atoms with Crippen molar-refractivity contribution < 1.29 is 14.9 Å². The maximum absolute atomic E-state index is 9.80. The highest BCUT2D eigenvalue weighted by Crippen LogP contribution is 2.34. The van der Waals surface area contributed by atoms with Crippen LogP contribution in [0.4, 0.5) is 0 Å². The topological polar surface area (TPSA) is 61.7 Å². The standard InChI is InChI=1S/C14H21NO3/c1-11-3-2-4-13(7-11)18-9-12(17)8-15-14(10-16)5-6-14/h2-4,7,12,15-17H,5-6,8-10H2,1H3. The molecule has 3 N–H and O–H groups in total. The quantitative estimate of drug-likeness (QED) is 0.672. The molecule has 100 valence electrons. The summed E-state index contributed by atoms with van der Waals surface area (Å²) >= 11 is 0. The molecule has 1 aromatic carbocycles. The van der Waals surface area contributed by atoms with Gasteiger partial charge in [-0.25, -0.2) is 0 Å². The van der Waals surface area contributed by atoms with Crippen LogP contribution in [0.25, 0.3) is 0 Å². The van der Waals surface area contributed by atoms with Gasteiger partial charge in [-0.05, 0) is 37.5 Å². The number of ether oxygens (including phenoxy) is 1. The molecule has 18 heavy (non-hydrogen) atoms. The van der Waals surface area contributed by atoms with Crippen molar-refractivity contribution in [2.24, 2.45) is 0 Å². The van der Waals surface area contributed by atoms with Gasteiger partial charge in [-0.15, -0.1) is 0 Å². The lowest BCUT2D eigenvalue weighted by molar-refractivity contribution is 0.0978. The highest BCUT2D eigenvalue weighted by atomic mass is 16.5. The Morgan fingerprint density at radius 3 is 2.83 bits per heavy atom. The molecule has 4 heteroatoms. The first-order chi connectivity index (χ1) is 8.63. The highest BCUT2D eigenvalue weighted by molar-refractivity contribution is 5.27. The maximum atomic E-state index is 9.80. The van der Waals surface area contributed by atoms with Crippen molar-refractivity contribution >= 4 is 0 Å². The summed E-state index contributed by atoms with van der Waals surface area (Å²) in [7, 11) is 0. The number of nitrogens with one attached hydrogen (secondary N) is 1. The van der Waals surface area contributed by atoms with Crippen LogP contribution in [0.3, 0.4) is 0 Å². The Kier molecular flexibility index (Phi) is 4.22. The molecule has 1 aliphatic rings. The third-order valence-corrected chi connectivity index (χ3v) is 3.30. The fraction of sp³-hybridized carbons (Fsp3) is 0.571. The minimum atomic E-state index is -0.561. The van der Waals surface area contributed by atoms with E-state index in [1.54, 1.807) is 0 Å². The first kappa shape index (κ1) is 13.3. The van der Waals surface area contributed by atoms with Crippen LogP contribution in [0.2, 0.25) is 0 Å². The van der Waals surface area contributed by atoms with E-state index in [9.17, 15) is 5.11 Å². The predicted octanol–water partition coefficient (Wildman–Crippen LogP) is 0.849. The predicted molar refractivity (Wildman–Crippen MR) is 69.7 cm³/mol. The summed E-state index contributed by atoms with van der Waals surface area (Å²) in [4.78, 5) is 0. The summed E-state index contributed by atoms with van der Waals surface area (Å²) in [5.41, 5.74) is 1.00. The first-order valence-corrected chi connectivity index (χ1v) is 6.37. The molecule has 0 saturated heterocycles. The van der Waals surface area contributed by atoms with Gasteiger partial charge >= 0.3 is 0 Å². The van der Waals surface area contributed by atoms with E-state index in [1.165, 1.54) is 0 Å². The Balaban J connectivity index is 1.70. The molecule has 0 heterocycles. The molecule has 1 saturated carbocycles. The van der Waals surface area contributed by atoms with Crippen LogP contribution in [0.5, 0.6) is 5.75 Å². The molecule has 4 nitrogen and oxygen atoms in total. The normalized spacial score (nSPS) is 18.4. The largest absolute Gasteiger partial charge is 0.491 e. The number of benzene rings is 1. The van der Waals surface area contributed by atoms with Crippen molar-refractivity contribution in [3.05, 3.63) is 29.8 Å². The molecule has 0 radical (unpaired) electrons. The molecule has 0 bridgehead atoms. The Labute approximate surface area is 108 Å². The van der Waals surface area contributed by atoms with Gasteiger partial charge in [0.25, 0.3) is 0 Å². The minimum absolute atomic E-state index is 0.135. The molecule has 0 aliphatic heterocycles. The van der Waals surface area contributed by atoms with Gasteiger partial charge in [-0.1, -0.05) is 12.1 Å². The zero-order chi connectivity index (χ0) is 13.0. The molecule has 1 aromatic rings. The molecule has 1 unspecified atom stereocenters. The zero-order valence-corrected chi connectivity index (χ0v) is 10.7. The van der Waals surface area contributed by atoms with Crippen LogP contribution in [0.1, 0.15) is 18.4 Å². The van der Waals surface area contributed by atoms with E-state index in [0.717, 1.165) is 24.2 Å². The Bertz CT molecular complexity index is 390. The molecule has 1 atom stereocenters. The Morgan fingerprint density at radius 1 is 1.44 bits per heavy atom. The van der Waals surface area contributed by atoms with E-state index < -0.39 is 6.10 Å². The van der Waals surface area contributed by atoms with E-state index in [2.05, 4.69) is 5.32 Å². The van der Waals surface area contributed by atoms with Gasteiger partial charge < -0.3 is 20.3 Å². The number of rotatable bonds is 7. The van der Waals surface area contributed by atoms with Gasteiger partial charge in [-0.2, -0.15) is 0 Å². The number of hydrogen-bond donors (Lipinski definition) is 3. The maximum Gasteiger partial charge on any atom is 0.119 e. The van der Waals surface area contributed by atoms with Gasteiger partial charge in [0.15, 0.2) is 0 Å². The summed E-state index contributed by atoms with van der Waals surface area (Å²) in [5, 5.41) is 22.1. The fourth-order valence-corrected chi connectivity index (χ4v) is 1.83. The number of aliphatic hydroxyl groups excluding tert-OH is 2. The lowest BCUT2D eigenvalue weighted by Crippen LogP contribution is -2.41. The second-order valence-corrected chi connectivity index (χ2v) is 5.10. The van der Waals surface area contributed by atoms with Crippen molar-refractivity contribution in [1.82, 2.24) is 5.32 Å². The average molecular weight is 251 g/mol. The van der Waals surface area contributed by atoms with Crippen molar-refractivity contribution in [2.45, 2.75) is 31.4 Å². The van der Waals surface area contributed by atoms with Crippen molar-refractivity contribution in [2.75, 3.05) is 19.8 Å². The van der Waals surface area contributed by atoms with E-state index in [0.29, 0.717) is 6.54 Å². The van der Waals surface area contributed by atoms with Crippen LogP contribution in [0, 0.1) is 6.92 Å². The molecule has 0 aromatic heterocycles. The van der Waals surface area contributed by atoms with E-state index in [-0.39, 0.29) is 18.8 Å². The summed E-state index contributed by atoms with van der Waals surface area (Å²) in [6, 6.07) is 7.75. The Hall–Kier alpha value is -1.10. The molecule has 0 amide bonds. The van der Waals surface area contributed by atoms with Crippen LogP contribution >= 0.6 is 0 Å². The molecule has 0 spiro atoms. The van der Waals surface area contributed by atoms with Gasteiger partial charge in [0.2, 0.25) is 0 Å². The monoisotopic (exact) mass is 251 g/mol. The van der Waals surface area contributed by atoms with Crippen LogP contribution in [-0.4, -0.2) is 41.6 Å². The van der Waals surface area contributed by atoms with E-state index >= 15 is 0 Å². The lowest BCUT2D eigenvalue weighted by Gasteiger charge is -2.18. The van der Waals surface area contributed by atoms with Crippen molar-refractivity contribution in [1.29, 1.82) is 0 Å². The molecule has 1 fully saturated rings. The number of aryl methyl sites for hydroxylation is 1. The summed E-state index contributed by atoms with van der Waals surface area (Å²) in [5.74, 6) is 0.775. The molecule has 1 aliphatic carbocycles. The van der Waals surface area contributed by atoms with Gasteiger partial charge in [-0.3, -0.25) is 0 Å². The lowest BCUT2D eigenvalue weighted by atomic mass is 10.2. The van der Waals surface area contributed by atoms with E-state index in [4.69, 9.17) is 9.84 Å². The average Bonchev–Trinajstić information content (AvgIpc) is 3.15. The van der Waals surface area contributed by atoms with Crippen LogP contribution < -0.4 is 10.1 Å². The molecular formula is C14H21NO3. The summed E-state index contributed by atoms with van der Waals surface area (Å²) < 4.78 is 5.52. The van der Waals surface area contributed by atoms with Crippen molar-refractivity contribution in [3.63, 3.8) is 0 Å². The third-order valence-electron chi connectivity index (χ3n) is 3.30.